The van der Waals surface area contributed by atoms with Crippen LogP contribution < -0.4 is 14.8 Å². The van der Waals surface area contributed by atoms with E-state index in [2.05, 4.69) is 5.32 Å². The third-order valence-electron chi connectivity index (χ3n) is 5.27. The molecule has 2 heterocycles. The molecule has 6 nitrogen and oxygen atoms in total. The zero-order valence-electron chi connectivity index (χ0n) is 17.5. The molecule has 1 N–H and O–H groups in total. The molecule has 1 amide bonds. The molecule has 0 unspecified atom stereocenters. The van der Waals surface area contributed by atoms with E-state index in [1.54, 1.807) is 20.3 Å². The van der Waals surface area contributed by atoms with Crippen LogP contribution in [0.15, 0.2) is 36.4 Å². The lowest BCUT2D eigenvalue weighted by atomic mass is 10.2. The summed E-state index contributed by atoms with van der Waals surface area (Å²) in [5.41, 5.74) is 0.807. The number of carbonyl (C=O) groups excluding carboxylic acids is 1. The van der Waals surface area contributed by atoms with Crippen molar-refractivity contribution in [1.82, 2.24) is 9.80 Å². The predicted octanol–water partition coefficient (Wildman–Crippen LogP) is 5.38. The third kappa shape index (κ3) is 4.59. The Bertz CT molecular complexity index is 1180. The van der Waals surface area contributed by atoms with Crippen LogP contribution in [0.25, 0.3) is 10.1 Å². The van der Waals surface area contributed by atoms with E-state index in [9.17, 15) is 4.79 Å². The average Bonchev–Trinajstić information content (AvgIpc) is 3.13. The normalized spacial score (nSPS) is 13.9. The molecule has 1 aliphatic heterocycles. The first kappa shape index (κ1) is 22.9. The monoisotopic (exact) mass is 509 g/mol. The lowest BCUT2D eigenvalue weighted by molar-refractivity contribution is 0.0698. The highest BCUT2D eigenvalue weighted by atomic mass is 35.5. The van der Waals surface area contributed by atoms with Crippen LogP contribution in [0.2, 0.25) is 10.0 Å². The Hall–Kier alpha value is -2.26. The summed E-state index contributed by atoms with van der Waals surface area (Å²) in [6, 6.07) is 11.0. The van der Waals surface area contributed by atoms with Gasteiger partial charge in [-0.2, -0.15) is 0 Å². The number of hydrogen-bond donors (Lipinski definition) is 1. The zero-order valence-corrected chi connectivity index (χ0v) is 20.6. The maximum Gasteiger partial charge on any atom is 0.265 e. The molecule has 1 saturated heterocycles. The largest absolute Gasteiger partial charge is 0.493 e. The Labute approximate surface area is 205 Å². The van der Waals surface area contributed by atoms with E-state index in [1.165, 1.54) is 11.3 Å². The molecule has 1 aliphatic rings. The summed E-state index contributed by atoms with van der Waals surface area (Å²) in [6.07, 6.45) is 0. The van der Waals surface area contributed by atoms with Crippen LogP contribution in [0.1, 0.15) is 9.67 Å². The minimum absolute atomic E-state index is 0.0641. The summed E-state index contributed by atoms with van der Waals surface area (Å²) in [4.78, 5) is 17.5. The fraction of sp³-hybridized carbons (Fsp3) is 0.273. The van der Waals surface area contributed by atoms with Crippen LogP contribution in [0, 0.1) is 0 Å². The number of methoxy groups -OCH3 is 2. The molecule has 4 rings (SSSR count). The van der Waals surface area contributed by atoms with Crippen LogP contribution in [0.4, 0.5) is 5.69 Å². The fourth-order valence-electron chi connectivity index (χ4n) is 3.55. The molecule has 0 bridgehead atoms. The molecule has 168 valence electrons. The molecule has 0 radical (unpaired) electrons. The summed E-state index contributed by atoms with van der Waals surface area (Å²) in [6.45, 7) is 2.36. The molecular formula is C22H21Cl2N3O3S2. The van der Waals surface area contributed by atoms with Gasteiger partial charge in [0.25, 0.3) is 5.91 Å². The second-order valence-corrected chi connectivity index (χ2v) is 9.42. The second kappa shape index (κ2) is 9.70. The van der Waals surface area contributed by atoms with Gasteiger partial charge >= 0.3 is 0 Å². The number of anilines is 1. The number of ether oxygens (including phenoxy) is 2. The molecular weight excluding hydrogens is 489 g/mol. The number of fused-ring (bicyclic) bond motifs is 1. The van der Waals surface area contributed by atoms with Gasteiger partial charge in [0.2, 0.25) is 0 Å². The van der Waals surface area contributed by atoms with Gasteiger partial charge in [0, 0.05) is 53.0 Å². The van der Waals surface area contributed by atoms with Crippen LogP contribution in [0.3, 0.4) is 0 Å². The van der Waals surface area contributed by atoms with Crippen molar-refractivity contribution >= 4 is 73.5 Å². The number of thiocarbonyl (C=S) groups is 1. The second-order valence-electron chi connectivity index (χ2n) is 7.16. The number of hydrogen-bond acceptors (Lipinski definition) is 5. The summed E-state index contributed by atoms with van der Waals surface area (Å²) >= 11 is 19.5. The smallest absolute Gasteiger partial charge is 0.265 e. The highest BCUT2D eigenvalue weighted by molar-refractivity contribution is 7.80. The van der Waals surface area contributed by atoms with Crippen molar-refractivity contribution < 1.29 is 14.3 Å². The Morgan fingerprint density at radius 3 is 2.38 bits per heavy atom. The lowest BCUT2D eigenvalue weighted by Crippen LogP contribution is -2.51. The molecule has 2 aromatic carbocycles. The Balaban J connectivity index is 1.39. The number of amides is 1. The van der Waals surface area contributed by atoms with E-state index in [0.29, 0.717) is 57.7 Å². The molecule has 1 aromatic heterocycles. The summed E-state index contributed by atoms with van der Waals surface area (Å²) < 4.78 is 11.5. The van der Waals surface area contributed by atoms with Gasteiger partial charge in [-0.1, -0.05) is 29.3 Å². The Kier molecular flexibility index (Phi) is 6.95. The SMILES string of the molecule is COc1ccc(NC(=S)N2CCN(C(=O)c3sc4cc(Cl)ccc4c3Cl)CC2)cc1OC. The van der Waals surface area contributed by atoms with Gasteiger partial charge in [-0.3, -0.25) is 4.79 Å². The molecule has 3 aromatic rings. The standard InChI is InChI=1S/C22H21Cl2N3O3S2/c1-29-16-6-4-14(12-17(16)30-2)25-22(31)27-9-7-26(8-10-27)21(28)20-19(24)15-5-3-13(23)11-18(15)32-20/h3-6,11-12H,7-10H2,1-2H3,(H,25,31). The van der Waals surface area contributed by atoms with Gasteiger partial charge in [0.1, 0.15) is 4.88 Å². The van der Waals surface area contributed by atoms with Crippen LogP contribution in [-0.4, -0.2) is 61.2 Å². The minimum atomic E-state index is -0.0641. The van der Waals surface area contributed by atoms with Crippen molar-refractivity contribution in [1.29, 1.82) is 0 Å². The van der Waals surface area contributed by atoms with Gasteiger partial charge in [0.15, 0.2) is 16.6 Å². The van der Waals surface area contributed by atoms with Gasteiger partial charge < -0.3 is 24.6 Å². The van der Waals surface area contributed by atoms with Crippen molar-refractivity contribution in [2.75, 3.05) is 45.7 Å². The molecule has 0 spiro atoms. The van der Waals surface area contributed by atoms with E-state index in [4.69, 9.17) is 44.9 Å². The number of thiophene rings is 1. The van der Waals surface area contributed by atoms with E-state index in [-0.39, 0.29) is 5.91 Å². The maximum atomic E-state index is 13.1. The molecule has 0 aliphatic carbocycles. The molecule has 10 heteroatoms. The van der Waals surface area contributed by atoms with Gasteiger partial charge in [-0.05, 0) is 36.5 Å². The quantitative estimate of drug-likeness (QED) is 0.476. The van der Waals surface area contributed by atoms with Crippen LogP contribution >= 0.6 is 46.8 Å². The van der Waals surface area contributed by atoms with Crippen molar-refractivity contribution in [2.24, 2.45) is 0 Å². The fourth-order valence-corrected chi connectivity index (χ4v) is 5.61. The van der Waals surface area contributed by atoms with Crippen molar-refractivity contribution in [3.63, 3.8) is 0 Å². The minimum Gasteiger partial charge on any atom is -0.493 e. The lowest BCUT2D eigenvalue weighted by Gasteiger charge is -2.36. The van der Waals surface area contributed by atoms with Crippen molar-refractivity contribution in [3.05, 3.63) is 51.3 Å². The highest BCUT2D eigenvalue weighted by Crippen LogP contribution is 2.37. The first-order valence-electron chi connectivity index (χ1n) is 9.86. The van der Waals surface area contributed by atoms with Gasteiger partial charge in [-0.15, -0.1) is 11.3 Å². The number of piperazine rings is 1. The summed E-state index contributed by atoms with van der Waals surface area (Å²) in [5.74, 6) is 1.21. The maximum absolute atomic E-state index is 13.1. The highest BCUT2D eigenvalue weighted by Gasteiger charge is 2.27. The van der Waals surface area contributed by atoms with E-state index < -0.39 is 0 Å². The average molecular weight is 510 g/mol. The van der Waals surface area contributed by atoms with Crippen molar-refractivity contribution in [2.45, 2.75) is 0 Å². The van der Waals surface area contributed by atoms with E-state index in [0.717, 1.165) is 15.8 Å². The molecule has 1 fully saturated rings. The summed E-state index contributed by atoms with van der Waals surface area (Å²) in [7, 11) is 3.19. The number of carbonyl (C=O) groups is 1. The van der Waals surface area contributed by atoms with Gasteiger partial charge in [0.05, 0.1) is 19.2 Å². The van der Waals surface area contributed by atoms with Crippen LogP contribution in [-0.2, 0) is 0 Å². The summed E-state index contributed by atoms with van der Waals surface area (Å²) in [5, 5.41) is 5.79. The zero-order chi connectivity index (χ0) is 22.8. The van der Waals surface area contributed by atoms with Gasteiger partial charge in [-0.25, -0.2) is 0 Å². The topological polar surface area (TPSA) is 54.0 Å². The number of nitrogens with one attached hydrogen (secondary N) is 1. The molecule has 0 saturated carbocycles. The number of nitrogens with zero attached hydrogens (tertiary/aromatic N) is 2. The van der Waals surface area contributed by atoms with E-state index in [1.807, 2.05) is 40.1 Å². The number of halogens is 2. The third-order valence-corrected chi connectivity index (χ3v) is 7.52. The Morgan fingerprint density at radius 2 is 1.69 bits per heavy atom. The Morgan fingerprint density at radius 1 is 1.00 bits per heavy atom. The molecule has 32 heavy (non-hydrogen) atoms. The number of rotatable bonds is 4. The molecule has 0 atom stereocenters. The predicted molar refractivity (Wildman–Crippen MR) is 135 cm³/mol. The number of benzene rings is 2. The van der Waals surface area contributed by atoms with E-state index >= 15 is 0 Å². The first-order chi connectivity index (χ1) is 15.4. The first-order valence-corrected chi connectivity index (χ1v) is 11.8. The van der Waals surface area contributed by atoms with Crippen molar-refractivity contribution in [3.8, 4) is 11.5 Å². The van der Waals surface area contributed by atoms with Crippen LogP contribution in [0.5, 0.6) is 11.5 Å².